The molecular formula is C42H45Cl6N9O3. The quantitative estimate of drug-likeness (QED) is 0.0373. The van der Waals surface area contributed by atoms with E-state index < -0.39 is 17.7 Å². The van der Waals surface area contributed by atoms with E-state index in [0.29, 0.717) is 74.5 Å². The zero-order valence-corrected chi connectivity index (χ0v) is 37.1. The standard InChI is InChI=1S/C42H45Cl6N9O3/c43-13-19-55(20-14-44)37-7-1-31(2-8-37)28-49-52-40(58)34-25-35(41(59)53-50-29-32-3-9-38(10-4-32)56(21-15-45)22-16-46)27-36(26-34)42(60)54-51-30-33-5-11-39(12-6-33)57(23-17-47)24-18-48/h1-12,25-30H,13-24H2,(H,52,58)(H,53,59)(H,54,60)/b49-28-,50-29-,51-30+. The number of nitrogens with zero attached hydrogens (tertiary/aromatic N) is 6. The van der Waals surface area contributed by atoms with E-state index >= 15 is 0 Å². The van der Waals surface area contributed by atoms with Gasteiger partial charge in [0, 0.05) is 108 Å². The number of benzene rings is 4. The Balaban J connectivity index is 1.51. The summed E-state index contributed by atoms with van der Waals surface area (Å²) in [6.07, 6.45) is 4.42. The van der Waals surface area contributed by atoms with Crippen molar-refractivity contribution in [3.63, 3.8) is 0 Å². The molecule has 60 heavy (non-hydrogen) atoms. The zero-order valence-electron chi connectivity index (χ0n) is 32.6. The van der Waals surface area contributed by atoms with Crippen molar-refractivity contribution >= 4 is 123 Å². The molecule has 4 aromatic carbocycles. The maximum atomic E-state index is 13.4. The number of carbonyl (C=O) groups is 3. The summed E-state index contributed by atoms with van der Waals surface area (Å²) in [5.41, 5.74) is 12.4. The molecule has 0 aromatic heterocycles. The van der Waals surface area contributed by atoms with Crippen molar-refractivity contribution in [3.8, 4) is 0 Å². The Labute approximate surface area is 380 Å². The van der Waals surface area contributed by atoms with Crippen LogP contribution in [-0.2, 0) is 0 Å². The number of hydrogen-bond acceptors (Lipinski definition) is 9. The molecule has 18 heteroatoms. The van der Waals surface area contributed by atoms with Crippen LogP contribution in [0.5, 0.6) is 0 Å². The van der Waals surface area contributed by atoms with Gasteiger partial charge in [-0.25, -0.2) is 16.3 Å². The highest BCUT2D eigenvalue weighted by Crippen LogP contribution is 2.18. The highest BCUT2D eigenvalue weighted by atomic mass is 35.5. The number of alkyl halides is 6. The monoisotopic (exact) mass is 933 g/mol. The summed E-state index contributed by atoms with van der Waals surface area (Å²) >= 11 is 35.7. The first-order valence-electron chi connectivity index (χ1n) is 18.8. The fourth-order valence-corrected chi connectivity index (χ4v) is 6.97. The van der Waals surface area contributed by atoms with Gasteiger partial charge in [0.2, 0.25) is 0 Å². The number of halogens is 6. The fraction of sp³-hybridized carbons (Fsp3) is 0.286. The highest BCUT2D eigenvalue weighted by molar-refractivity contribution is 6.19. The van der Waals surface area contributed by atoms with E-state index in [1.54, 1.807) is 0 Å². The molecule has 0 spiro atoms. The molecule has 4 rings (SSSR count). The third-order valence-corrected chi connectivity index (χ3v) is 9.77. The molecule has 0 radical (unpaired) electrons. The molecule has 0 heterocycles. The smallest absolute Gasteiger partial charge is 0.271 e. The molecule has 0 aliphatic carbocycles. The molecule has 12 nitrogen and oxygen atoms in total. The van der Waals surface area contributed by atoms with E-state index in [2.05, 4.69) is 46.3 Å². The van der Waals surface area contributed by atoms with Crippen molar-refractivity contribution in [1.82, 2.24) is 16.3 Å². The van der Waals surface area contributed by atoms with Crippen LogP contribution in [0.1, 0.15) is 47.8 Å². The first-order valence-corrected chi connectivity index (χ1v) is 22.0. The Bertz CT molecular complexity index is 1790. The number of anilines is 3. The summed E-state index contributed by atoms with van der Waals surface area (Å²) in [7, 11) is 0. The second kappa shape index (κ2) is 26.6. The van der Waals surface area contributed by atoms with Gasteiger partial charge in [-0.3, -0.25) is 14.4 Å². The average molecular weight is 937 g/mol. The molecule has 0 unspecified atom stereocenters. The molecule has 0 aliphatic rings. The molecule has 0 fully saturated rings. The van der Waals surface area contributed by atoms with Crippen molar-refractivity contribution in [1.29, 1.82) is 0 Å². The van der Waals surface area contributed by atoms with Crippen LogP contribution < -0.4 is 31.0 Å². The molecule has 3 amide bonds. The Morgan fingerprint density at radius 1 is 0.400 bits per heavy atom. The minimum Gasteiger partial charge on any atom is -0.369 e. The fourth-order valence-electron chi connectivity index (χ4n) is 5.75. The lowest BCUT2D eigenvalue weighted by atomic mass is 10.0. The molecule has 0 saturated carbocycles. The van der Waals surface area contributed by atoms with Crippen molar-refractivity contribution in [2.24, 2.45) is 15.3 Å². The first-order chi connectivity index (χ1) is 29.2. The number of hydrogen-bond donors (Lipinski definition) is 3. The van der Waals surface area contributed by atoms with Crippen LogP contribution in [0.25, 0.3) is 0 Å². The summed E-state index contributed by atoms with van der Waals surface area (Å²) in [5.74, 6) is 0.749. The summed E-state index contributed by atoms with van der Waals surface area (Å²) in [6, 6.07) is 26.5. The van der Waals surface area contributed by atoms with Gasteiger partial charge in [0.15, 0.2) is 0 Å². The Morgan fingerprint density at radius 3 is 0.817 bits per heavy atom. The maximum absolute atomic E-state index is 13.4. The molecule has 318 valence electrons. The van der Waals surface area contributed by atoms with E-state index in [4.69, 9.17) is 69.6 Å². The number of carbonyl (C=O) groups excluding carboxylic acids is 3. The molecular weight excluding hydrogens is 891 g/mol. The summed E-state index contributed by atoms with van der Waals surface area (Å²) in [6.45, 7) is 3.86. The predicted molar refractivity (Wildman–Crippen MR) is 252 cm³/mol. The zero-order chi connectivity index (χ0) is 43.1. The molecule has 0 bridgehead atoms. The highest BCUT2D eigenvalue weighted by Gasteiger charge is 2.17. The largest absolute Gasteiger partial charge is 0.369 e. The second-order valence-electron chi connectivity index (χ2n) is 12.8. The lowest BCUT2D eigenvalue weighted by molar-refractivity contribution is 0.0954. The number of hydrazone groups is 3. The van der Waals surface area contributed by atoms with E-state index in [1.807, 2.05) is 72.8 Å². The van der Waals surface area contributed by atoms with E-state index in [1.165, 1.54) is 36.8 Å². The molecule has 3 N–H and O–H groups in total. The molecule has 0 aliphatic heterocycles. The average Bonchev–Trinajstić information content (AvgIpc) is 3.26. The molecule has 0 saturated heterocycles. The lowest BCUT2D eigenvalue weighted by Crippen LogP contribution is -2.27. The van der Waals surface area contributed by atoms with E-state index in [9.17, 15) is 14.4 Å². The van der Waals surface area contributed by atoms with Gasteiger partial charge in [-0.1, -0.05) is 36.4 Å². The van der Waals surface area contributed by atoms with Crippen molar-refractivity contribution in [2.45, 2.75) is 0 Å². The van der Waals surface area contributed by atoms with Crippen LogP contribution in [-0.4, -0.2) is 111 Å². The van der Waals surface area contributed by atoms with Gasteiger partial charge in [-0.2, -0.15) is 15.3 Å². The van der Waals surface area contributed by atoms with Crippen LogP contribution in [0.3, 0.4) is 0 Å². The van der Waals surface area contributed by atoms with Crippen molar-refractivity contribution in [3.05, 3.63) is 124 Å². The number of nitrogens with one attached hydrogen (secondary N) is 3. The number of amides is 3. The SMILES string of the molecule is O=C(N/N=C\c1ccc(N(CCCl)CCCl)cc1)c1cc(C(=O)N/N=C\c2ccc(N(CCCl)CCCl)cc2)cc(C(=O)N/N=C/c2ccc(N(CCCl)CCCl)cc2)c1. The van der Waals surface area contributed by atoms with Crippen LogP contribution in [0.4, 0.5) is 17.1 Å². The van der Waals surface area contributed by atoms with Gasteiger partial charge in [0.05, 0.1) is 18.6 Å². The van der Waals surface area contributed by atoms with Gasteiger partial charge in [0.1, 0.15) is 0 Å². The van der Waals surface area contributed by atoms with Gasteiger partial charge in [-0.05, 0) is 71.3 Å². The first kappa shape index (κ1) is 48.1. The van der Waals surface area contributed by atoms with Crippen LogP contribution >= 0.6 is 69.6 Å². The van der Waals surface area contributed by atoms with Gasteiger partial charge < -0.3 is 14.7 Å². The van der Waals surface area contributed by atoms with E-state index in [0.717, 1.165) is 33.8 Å². The predicted octanol–water partition coefficient (Wildman–Crippen LogP) is 7.83. The summed E-state index contributed by atoms with van der Waals surface area (Å²) < 4.78 is 0. The maximum Gasteiger partial charge on any atom is 0.271 e. The second-order valence-corrected chi connectivity index (χ2v) is 15.0. The van der Waals surface area contributed by atoms with E-state index in [-0.39, 0.29) is 16.7 Å². The van der Waals surface area contributed by atoms with Crippen LogP contribution in [0, 0.1) is 0 Å². The third kappa shape index (κ3) is 15.5. The lowest BCUT2D eigenvalue weighted by Gasteiger charge is -2.22. The van der Waals surface area contributed by atoms with Gasteiger partial charge in [-0.15, -0.1) is 69.6 Å². The van der Waals surface area contributed by atoms with Gasteiger partial charge in [0.25, 0.3) is 17.7 Å². The minimum atomic E-state index is -0.663. The van der Waals surface area contributed by atoms with Gasteiger partial charge >= 0.3 is 0 Å². The summed E-state index contributed by atoms with van der Waals surface area (Å²) in [5, 5.41) is 12.3. The number of rotatable bonds is 24. The minimum absolute atomic E-state index is 0.00545. The normalized spacial score (nSPS) is 11.3. The topological polar surface area (TPSA) is 134 Å². The molecule has 4 aromatic rings. The summed E-state index contributed by atoms with van der Waals surface area (Å²) in [4.78, 5) is 46.3. The Morgan fingerprint density at radius 2 is 0.617 bits per heavy atom. The van der Waals surface area contributed by atoms with Crippen LogP contribution in [0.15, 0.2) is 106 Å². The molecule has 0 atom stereocenters. The van der Waals surface area contributed by atoms with Crippen LogP contribution in [0.2, 0.25) is 0 Å². The Hall–Kier alpha value is -4.56. The Kier molecular flexibility index (Phi) is 21.3. The van der Waals surface area contributed by atoms with Crippen molar-refractivity contribution < 1.29 is 14.4 Å². The third-order valence-electron chi connectivity index (χ3n) is 8.76. The van der Waals surface area contributed by atoms with Crippen molar-refractivity contribution in [2.75, 3.05) is 89.2 Å².